The lowest BCUT2D eigenvalue weighted by atomic mass is 10.0. The lowest BCUT2D eigenvalue weighted by molar-refractivity contribution is 0.510. The molecule has 98 valence electrons. The molecule has 2 aromatic rings. The van der Waals surface area contributed by atoms with E-state index in [2.05, 4.69) is 69.8 Å². The third-order valence-corrected chi connectivity index (χ3v) is 5.02. The Kier molecular flexibility index (Phi) is 4.26. The summed E-state index contributed by atoms with van der Waals surface area (Å²) in [6, 6.07) is 17.7. The minimum Gasteiger partial charge on any atom is -0.306 e. The highest BCUT2D eigenvalue weighted by molar-refractivity contribution is 9.10. The average Bonchev–Trinajstić information content (AvgIpc) is 2.45. The standard InChI is InChI=1S/C16H16BrNS/c17-13-5-3-4-12(10-13)11-18-15-8-9-19-16-7-2-1-6-14(15)16/h1-7,10,15,18H,8-9,11H2. The van der Waals surface area contributed by atoms with Gasteiger partial charge in [-0.2, -0.15) is 0 Å². The molecule has 0 bridgehead atoms. The number of thioether (sulfide) groups is 1. The highest BCUT2D eigenvalue weighted by atomic mass is 79.9. The largest absolute Gasteiger partial charge is 0.306 e. The quantitative estimate of drug-likeness (QED) is 0.867. The van der Waals surface area contributed by atoms with Gasteiger partial charge < -0.3 is 5.32 Å². The molecule has 3 rings (SSSR count). The van der Waals surface area contributed by atoms with Crippen LogP contribution in [0.15, 0.2) is 57.9 Å². The van der Waals surface area contributed by atoms with Crippen LogP contribution < -0.4 is 5.32 Å². The molecule has 0 fully saturated rings. The molecule has 0 aromatic heterocycles. The molecule has 0 aliphatic carbocycles. The molecular formula is C16H16BrNS. The van der Waals surface area contributed by atoms with Gasteiger partial charge in [0.2, 0.25) is 0 Å². The molecule has 0 saturated heterocycles. The van der Waals surface area contributed by atoms with Gasteiger partial charge in [-0.05, 0) is 41.5 Å². The summed E-state index contributed by atoms with van der Waals surface area (Å²) in [5.41, 5.74) is 2.78. The van der Waals surface area contributed by atoms with Gasteiger partial charge in [0.15, 0.2) is 0 Å². The van der Waals surface area contributed by atoms with Crippen molar-refractivity contribution < 1.29 is 0 Å². The lowest BCUT2D eigenvalue weighted by Crippen LogP contribution is -2.24. The first-order valence-corrected chi connectivity index (χ1v) is 8.30. The molecule has 1 unspecified atom stereocenters. The van der Waals surface area contributed by atoms with Crippen molar-refractivity contribution in [3.63, 3.8) is 0 Å². The van der Waals surface area contributed by atoms with Gasteiger partial charge in [-0.1, -0.05) is 46.3 Å². The van der Waals surface area contributed by atoms with Gasteiger partial charge in [0.25, 0.3) is 0 Å². The molecule has 0 amide bonds. The number of benzene rings is 2. The van der Waals surface area contributed by atoms with E-state index < -0.39 is 0 Å². The van der Waals surface area contributed by atoms with Gasteiger partial charge >= 0.3 is 0 Å². The summed E-state index contributed by atoms with van der Waals surface area (Å²) in [7, 11) is 0. The molecule has 3 heteroatoms. The molecule has 1 aliphatic rings. The van der Waals surface area contributed by atoms with Crippen molar-refractivity contribution >= 4 is 27.7 Å². The number of rotatable bonds is 3. The Morgan fingerprint density at radius 3 is 2.95 bits per heavy atom. The van der Waals surface area contributed by atoms with E-state index in [1.54, 1.807) is 0 Å². The van der Waals surface area contributed by atoms with Gasteiger partial charge in [-0.3, -0.25) is 0 Å². The van der Waals surface area contributed by atoms with Crippen molar-refractivity contribution in [3.05, 3.63) is 64.1 Å². The van der Waals surface area contributed by atoms with Gasteiger partial charge in [0.1, 0.15) is 0 Å². The van der Waals surface area contributed by atoms with E-state index in [-0.39, 0.29) is 0 Å². The topological polar surface area (TPSA) is 12.0 Å². The Hall–Kier alpha value is -0.770. The van der Waals surface area contributed by atoms with Crippen molar-refractivity contribution in [1.29, 1.82) is 0 Å². The molecular weight excluding hydrogens is 318 g/mol. The van der Waals surface area contributed by atoms with Crippen molar-refractivity contribution in [3.8, 4) is 0 Å². The molecule has 1 heterocycles. The second-order valence-corrected chi connectivity index (χ2v) is 6.79. The minimum atomic E-state index is 0.483. The Morgan fingerprint density at radius 1 is 1.16 bits per heavy atom. The fourth-order valence-corrected chi connectivity index (χ4v) is 4.01. The second-order valence-electron chi connectivity index (χ2n) is 4.74. The van der Waals surface area contributed by atoms with E-state index in [4.69, 9.17) is 0 Å². The first-order valence-electron chi connectivity index (χ1n) is 6.52. The van der Waals surface area contributed by atoms with Gasteiger partial charge in [0.05, 0.1) is 0 Å². The van der Waals surface area contributed by atoms with Crippen LogP contribution in [0.1, 0.15) is 23.6 Å². The van der Waals surface area contributed by atoms with E-state index in [0.717, 1.165) is 11.0 Å². The molecule has 1 nitrogen and oxygen atoms in total. The van der Waals surface area contributed by atoms with Gasteiger partial charge in [0, 0.05) is 22.0 Å². The van der Waals surface area contributed by atoms with E-state index in [9.17, 15) is 0 Å². The first kappa shape index (κ1) is 13.2. The summed E-state index contributed by atoms with van der Waals surface area (Å²) >= 11 is 5.49. The van der Waals surface area contributed by atoms with Crippen LogP contribution in [0.2, 0.25) is 0 Å². The summed E-state index contributed by atoms with van der Waals surface area (Å²) in [6.07, 6.45) is 1.20. The number of nitrogens with one attached hydrogen (secondary N) is 1. The molecule has 0 radical (unpaired) electrons. The molecule has 2 aromatic carbocycles. The van der Waals surface area contributed by atoms with Crippen LogP contribution in [0.5, 0.6) is 0 Å². The number of halogens is 1. The zero-order valence-electron chi connectivity index (χ0n) is 10.6. The van der Waals surface area contributed by atoms with E-state index in [1.165, 1.54) is 28.2 Å². The average molecular weight is 334 g/mol. The Balaban J connectivity index is 1.71. The predicted octanol–water partition coefficient (Wildman–Crippen LogP) is 4.78. The van der Waals surface area contributed by atoms with Crippen LogP contribution in [0.3, 0.4) is 0 Å². The summed E-state index contributed by atoms with van der Waals surface area (Å²) in [5.74, 6) is 1.20. The van der Waals surface area contributed by atoms with Gasteiger partial charge in [-0.15, -0.1) is 11.8 Å². The Labute approximate surface area is 126 Å². The lowest BCUT2D eigenvalue weighted by Gasteiger charge is -2.26. The number of fused-ring (bicyclic) bond motifs is 1. The number of hydrogen-bond donors (Lipinski definition) is 1. The predicted molar refractivity (Wildman–Crippen MR) is 85.5 cm³/mol. The number of hydrogen-bond acceptors (Lipinski definition) is 2. The maximum absolute atomic E-state index is 3.69. The van der Waals surface area contributed by atoms with E-state index in [0.29, 0.717) is 6.04 Å². The summed E-state index contributed by atoms with van der Waals surface area (Å²) in [5, 5.41) is 3.69. The van der Waals surface area contributed by atoms with Crippen molar-refractivity contribution in [2.24, 2.45) is 0 Å². The van der Waals surface area contributed by atoms with Crippen LogP contribution in [-0.2, 0) is 6.54 Å². The zero-order valence-corrected chi connectivity index (χ0v) is 13.0. The molecule has 0 saturated carbocycles. The third-order valence-electron chi connectivity index (χ3n) is 3.40. The highest BCUT2D eigenvalue weighted by Gasteiger charge is 2.19. The minimum absolute atomic E-state index is 0.483. The van der Waals surface area contributed by atoms with Gasteiger partial charge in [-0.25, -0.2) is 0 Å². The first-order chi connectivity index (χ1) is 9.33. The van der Waals surface area contributed by atoms with Crippen LogP contribution in [-0.4, -0.2) is 5.75 Å². The maximum atomic E-state index is 3.69. The SMILES string of the molecule is Brc1cccc(CNC2CCSc3ccccc32)c1. The maximum Gasteiger partial charge on any atom is 0.0342 e. The zero-order chi connectivity index (χ0) is 13.1. The molecule has 19 heavy (non-hydrogen) atoms. The molecule has 0 spiro atoms. The van der Waals surface area contributed by atoms with Crippen LogP contribution in [0, 0.1) is 0 Å². The van der Waals surface area contributed by atoms with Crippen molar-refractivity contribution in [1.82, 2.24) is 5.32 Å². The van der Waals surface area contributed by atoms with Crippen molar-refractivity contribution in [2.75, 3.05) is 5.75 Å². The Morgan fingerprint density at radius 2 is 2.05 bits per heavy atom. The van der Waals surface area contributed by atoms with E-state index >= 15 is 0 Å². The summed E-state index contributed by atoms with van der Waals surface area (Å²) < 4.78 is 1.14. The molecule has 1 N–H and O–H groups in total. The third kappa shape index (κ3) is 3.22. The molecule has 1 aliphatic heterocycles. The Bertz CT molecular complexity index is 570. The summed E-state index contributed by atoms with van der Waals surface area (Å²) in [6.45, 7) is 0.920. The van der Waals surface area contributed by atoms with Crippen molar-refractivity contribution in [2.45, 2.75) is 23.9 Å². The summed E-state index contributed by atoms with van der Waals surface area (Å²) in [4.78, 5) is 1.43. The smallest absolute Gasteiger partial charge is 0.0342 e. The highest BCUT2D eigenvalue weighted by Crippen LogP contribution is 2.35. The fraction of sp³-hybridized carbons (Fsp3) is 0.250. The van der Waals surface area contributed by atoms with Crippen LogP contribution >= 0.6 is 27.7 Å². The second kappa shape index (κ2) is 6.12. The van der Waals surface area contributed by atoms with Crippen LogP contribution in [0.25, 0.3) is 0 Å². The molecule has 1 atom stereocenters. The fourth-order valence-electron chi connectivity index (χ4n) is 2.44. The normalized spacial score (nSPS) is 18.1. The monoisotopic (exact) mass is 333 g/mol. The van der Waals surface area contributed by atoms with E-state index in [1.807, 2.05) is 11.8 Å². The van der Waals surface area contributed by atoms with Crippen LogP contribution in [0.4, 0.5) is 0 Å².